The second kappa shape index (κ2) is 9.60. The minimum absolute atomic E-state index is 0.0630. The van der Waals surface area contributed by atoms with Gasteiger partial charge >= 0.3 is 0 Å². The molecule has 1 aromatic heterocycles. The molecular formula is C22H26N4O2S. The van der Waals surface area contributed by atoms with E-state index in [1.54, 1.807) is 0 Å². The van der Waals surface area contributed by atoms with E-state index < -0.39 is 0 Å². The van der Waals surface area contributed by atoms with Gasteiger partial charge in [0.1, 0.15) is 12.4 Å². The van der Waals surface area contributed by atoms with E-state index in [0.29, 0.717) is 17.6 Å². The van der Waals surface area contributed by atoms with Gasteiger partial charge in [-0.05, 0) is 43.5 Å². The molecule has 0 bridgehead atoms. The number of aryl methyl sites for hydroxylation is 3. The Morgan fingerprint density at radius 1 is 1.17 bits per heavy atom. The first kappa shape index (κ1) is 20.9. The highest BCUT2D eigenvalue weighted by molar-refractivity contribution is 7.99. The standard InChI is InChI=1S/C22H26N4O2S/c1-5-17-8-6-7-9-18(17)23-21(27)14-29-22-25-24-20(26(22)4)13-28-19-11-10-15(2)12-16(19)3/h6-12H,5,13-14H2,1-4H3,(H,23,27). The number of ether oxygens (including phenoxy) is 1. The molecule has 0 saturated heterocycles. The molecule has 6 nitrogen and oxygen atoms in total. The lowest BCUT2D eigenvalue weighted by Crippen LogP contribution is -2.15. The highest BCUT2D eigenvalue weighted by Gasteiger charge is 2.13. The van der Waals surface area contributed by atoms with E-state index in [-0.39, 0.29) is 11.7 Å². The maximum atomic E-state index is 12.3. The number of nitrogens with zero attached hydrogens (tertiary/aromatic N) is 3. The second-order valence-electron chi connectivity index (χ2n) is 6.86. The van der Waals surface area contributed by atoms with Gasteiger partial charge in [0.25, 0.3) is 0 Å². The van der Waals surface area contributed by atoms with Crippen molar-refractivity contribution in [3.05, 3.63) is 65.0 Å². The average molecular weight is 411 g/mol. The Hall–Kier alpha value is -2.80. The second-order valence-corrected chi connectivity index (χ2v) is 7.81. The highest BCUT2D eigenvalue weighted by Crippen LogP contribution is 2.22. The van der Waals surface area contributed by atoms with Crippen molar-refractivity contribution in [3.63, 3.8) is 0 Å². The molecule has 0 atom stereocenters. The molecule has 0 unspecified atom stereocenters. The van der Waals surface area contributed by atoms with Crippen molar-refractivity contribution in [2.24, 2.45) is 7.05 Å². The van der Waals surface area contributed by atoms with Crippen molar-refractivity contribution >= 4 is 23.4 Å². The third-order valence-corrected chi connectivity index (χ3v) is 5.64. The lowest BCUT2D eigenvalue weighted by molar-refractivity contribution is -0.113. The summed E-state index contributed by atoms with van der Waals surface area (Å²) in [7, 11) is 1.88. The van der Waals surface area contributed by atoms with Gasteiger partial charge in [-0.1, -0.05) is 54.6 Å². The van der Waals surface area contributed by atoms with Gasteiger partial charge in [-0.15, -0.1) is 10.2 Å². The number of carbonyl (C=O) groups is 1. The van der Waals surface area contributed by atoms with Crippen LogP contribution < -0.4 is 10.1 Å². The van der Waals surface area contributed by atoms with Crippen LogP contribution in [0.2, 0.25) is 0 Å². The van der Waals surface area contributed by atoms with E-state index in [9.17, 15) is 4.79 Å². The summed E-state index contributed by atoms with van der Waals surface area (Å²) in [5.74, 6) is 1.75. The molecule has 29 heavy (non-hydrogen) atoms. The molecule has 0 fully saturated rings. The van der Waals surface area contributed by atoms with Gasteiger partial charge in [-0.2, -0.15) is 0 Å². The minimum atomic E-state index is -0.0630. The fraction of sp³-hybridized carbons (Fsp3) is 0.318. The minimum Gasteiger partial charge on any atom is -0.485 e. The number of aromatic nitrogens is 3. The van der Waals surface area contributed by atoms with Crippen LogP contribution in [-0.2, 0) is 24.9 Å². The summed E-state index contributed by atoms with van der Waals surface area (Å²) < 4.78 is 7.75. The number of rotatable bonds is 8. The Bertz CT molecular complexity index is 1000. The van der Waals surface area contributed by atoms with E-state index in [4.69, 9.17) is 4.74 Å². The summed E-state index contributed by atoms with van der Waals surface area (Å²) in [6.07, 6.45) is 0.872. The van der Waals surface area contributed by atoms with Gasteiger partial charge in [-0.25, -0.2) is 0 Å². The van der Waals surface area contributed by atoms with Crippen molar-refractivity contribution in [1.82, 2.24) is 14.8 Å². The zero-order chi connectivity index (χ0) is 20.8. The predicted octanol–water partition coefficient (Wildman–Crippen LogP) is 4.30. The summed E-state index contributed by atoms with van der Waals surface area (Å²) >= 11 is 1.36. The molecule has 3 rings (SSSR count). The van der Waals surface area contributed by atoms with Crippen molar-refractivity contribution in [2.75, 3.05) is 11.1 Å². The lowest BCUT2D eigenvalue weighted by Gasteiger charge is -2.10. The SMILES string of the molecule is CCc1ccccc1NC(=O)CSc1nnc(COc2ccc(C)cc2C)n1C. The molecule has 0 aliphatic rings. The monoisotopic (exact) mass is 410 g/mol. The zero-order valence-corrected chi connectivity index (χ0v) is 18.0. The largest absolute Gasteiger partial charge is 0.485 e. The third-order valence-electron chi connectivity index (χ3n) is 4.62. The molecular weight excluding hydrogens is 384 g/mol. The summed E-state index contributed by atoms with van der Waals surface area (Å²) in [4.78, 5) is 12.3. The molecule has 2 aromatic carbocycles. The van der Waals surface area contributed by atoms with Crippen LogP contribution in [0.5, 0.6) is 5.75 Å². The first-order valence-corrected chi connectivity index (χ1v) is 10.6. The third kappa shape index (κ3) is 5.38. The number of hydrogen-bond acceptors (Lipinski definition) is 5. The molecule has 152 valence electrons. The molecule has 1 N–H and O–H groups in total. The Morgan fingerprint density at radius 2 is 1.97 bits per heavy atom. The number of thioether (sulfide) groups is 1. The van der Waals surface area contributed by atoms with Gasteiger partial charge < -0.3 is 14.6 Å². The summed E-state index contributed by atoms with van der Waals surface area (Å²) in [5.41, 5.74) is 4.27. The van der Waals surface area contributed by atoms with Crippen molar-refractivity contribution in [1.29, 1.82) is 0 Å². The van der Waals surface area contributed by atoms with Crippen molar-refractivity contribution in [2.45, 2.75) is 39.0 Å². The maximum Gasteiger partial charge on any atom is 0.234 e. The van der Waals surface area contributed by atoms with Crippen LogP contribution in [0.3, 0.4) is 0 Å². The fourth-order valence-corrected chi connectivity index (χ4v) is 3.70. The Balaban J connectivity index is 1.56. The van der Waals surface area contributed by atoms with Crippen molar-refractivity contribution in [3.8, 4) is 5.75 Å². The van der Waals surface area contributed by atoms with Crippen molar-refractivity contribution < 1.29 is 9.53 Å². The van der Waals surface area contributed by atoms with Crippen LogP contribution in [-0.4, -0.2) is 26.4 Å². The van der Waals surface area contributed by atoms with Crippen LogP contribution in [0.25, 0.3) is 0 Å². The van der Waals surface area contributed by atoms with E-state index in [0.717, 1.165) is 29.0 Å². The summed E-state index contributed by atoms with van der Waals surface area (Å²) in [5, 5.41) is 12.1. The number of amides is 1. The molecule has 0 aliphatic heterocycles. The lowest BCUT2D eigenvalue weighted by atomic mass is 10.1. The summed E-state index contributed by atoms with van der Waals surface area (Å²) in [6.45, 7) is 6.47. The average Bonchev–Trinajstić information content (AvgIpc) is 3.06. The summed E-state index contributed by atoms with van der Waals surface area (Å²) in [6, 6.07) is 13.9. The predicted molar refractivity (Wildman–Crippen MR) is 116 cm³/mol. The van der Waals surface area contributed by atoms with Crippen LogP contribution in [0.1, 0.15) is 29.4 Å². The van der Waals surface area contributed by atoms with E-state index in [1.807, 2.05) is 54.9 Å². The zero-order valence-electron chi connectivity index (χ0n) is 17.2. The Morgan fingerprint density at radius 3 is 2.72 bits per heavy atom. The number of carbonyl (C=O) groups excluding carboxylic acids is 1. The molecule has 0 radical (unpaired) electrons. The first-order valence-electron chi connectivity index (χ1n) is 9.56. The van der Waals surface area contributed by atoms with Gasteiger partial charge in [0, 0.05) is 12.7 Å². The number of benzene rings is 2. The first-order chi connectivity index (χ1) is 14.0. The number of nitrogens with one attached hydrogen (secondary N) is 1. The fourth-order valence-electron chi connectivity index (χ4n) is 2.97. The van der Waals surface area contributed by atoms with Crippen LogP contribution in [0.4, 0.5) is 5.69 Å². The Kier molecular flexibility index (Phi) is 6.93. The molecule has 1 heterocycles. The van der Waals surface area contributed by atoms with Gasteiger partial charge in [0.15, 0.2) is 11.0 Å². The Labute approximate surface area is 175 Å². The number of hydrogen-bond donors (Lipinski definition) is 1. The van der Waals surface area contributed by atoms with Crippen LogP contribution >= 0.6 is 11.8 Å². The maximum absolute atomic E-state index is 12.3. The molecule has 1 amide bonds. The van der Waals surface area contributed by atoms with E-state index >= 15 is 0 Å². The van der Waals surface area contributed by atoms with Gasteiger partial charge in [-0.3, -0.25) is 4.79 Å². The number of anilines is 1. The van der Waals surface area contributed by atoms with Gasteiger partial charge in [0.05, 0.1) is 5.75 Å². The molecule has 0 spiro atoms. The topological polar surface area (TPSA) is 69.0 Å². The number of para-hydroxylation sites is 1. The smallest absolute Gasteiger partial charge is 0.234 e. The van der Waals surface area contributed by atoms with E-state index in [1.165, 1.54) is 17.3 Å². The normalized spacial score (nSPS) is 10.8. The molecule has 0 saturated carbocycles. The molecule has 3 aromatic rings. The van der Waals surface area contributed by atoms with Gasteiger partial charge in [0.2, 0.25) is 5.91 Å². The molecule has 7 heteroatoms. The van der Waals surface area contributed by atoms with Crippen LogP contribution in [0.15, 0.2) is 47.6 Å². The van der Waals surface area contributed by atoms with Crippen LogP contribution in [0, 0.1) is 13.8 Å². The molecule has 0 aliphatic carbocycles. The quantitative estimate of drug-likeness (QED) is 0.561. The highest BCUT2D eigenvalue weighted by atomic mass is 32.2. The van der Waals surface area contributed by atoms with E-state index in [2.05, 4.69) is 35.4 Å².